The first-order valence-electron chi connectivity index (χ1n) is 9.07. The van der Waals surface area contributed by atoms with Gasteiger partial charge in [-0.25, -0.2) is 9.78 Å². The topological polar surface area (TPSA) is 62.6 Å². The second-order valence-electron chi connectivity index (χ2n) is 6.26. The summed E-state index contributed by atoms with van der Waals surface area (Å²) in [6.07, 6.45) is 0. The number of halogens is 1. The minimum absolute atomic E-state index is 0.337. The van der Waals surface area contributed by atoms with Crippen molar-refractivity contribution in [2.45, 2.75) is 20.4 Å². The Morgan fingerprint density at radius 3 is 2.71 bits per heavy atom. The van der Waals surface area contributed by atoms with Gasteiger partial charge in [-0.1, -0.05) is 17.7 Å². The summed E-state index contributed by atoms with van der Waals surface area (Å²) in [6.45, 7) is 5.57. The molecule has 0 bridgehead atoms. The number of fused-ring (bicyclic) bond motifs is 1. The van der Waals surface area contributed by atoms with Crippen LogP contribution in [0.15, 0.2) is 36.4 Å². The number of nitrogens with zero attached hydrogens (tertiary/aromatic N) is 2. The normalized spacial score (nSPS) is 11.0. The predicted molar refractivity (Wildman–Crippen MR) is 108 cm³/mol. The third-order valence-electron chi connectivity index (χ3n) is 4.36. The highest BCUT2D eigenvalue weighted by molar-refractivity contribution is 6.31. The fourth-order valence-electron chi connectivity index (χ4n) is 2.94. The number of ether oxygens (including phenoxy) is 3. The van der Waals surface area contributed by atoms with Crippen LogP contribution >= 0.6 is 11.6 Å². The van der Waals surface area contributed by atoms with Crippen molar-refractivity contribution in [3.8, 4) is 5.75 Å². The van der Waals surface area contributed by atoms with Gasteiger partial charge in [0.2, 0.25) is 0 Å². The highest BCUT2D eigenvalue weighted by Crippen LogP contribution is 2.26. The minimum Gasteiger partial charge on any atom is -0.491 e. The van der Waals surface area contributed by atoms with Crippen molar-refractivity contribution >= 4 is 28.6 Å². The molecule has 2 aromatic carbocycles. The van der Waals surface area contributed by atoms with Crippen LogP contribution in [0.4, 0.5) is 0 Å². The zero-order valence-corrected chi connectivity index (χ0v) is 17.0. The fourth-order valence-corrected chi connectivity index (χ4v) is 3.17. The van der Waals surface area contributed by atoms with E-state index in [-0.39, 0.29) is 5.97 Å². The average Bonchev–Trinajstić information content (AvgIpc) is 2.98. The molecule has 0 aliphatic rings. The standard InChI is InChI=1S/C21H23ClN2O4/c1-4-27-21(25)15-6-8-19-20(11-15)24(14(2)23-19)13-16-5-7-17(12-18(16)22)28-10-9-26-3/h5-8,11-12H,4,9-10,13H2,1-3H3. The molecular formula is C21H23ClN2O4. The lowest BCUT2D eigenvalue weighted by Gasteiger charge is -2.12. The molecule has 28 heavy (non-hydrogen) atoms. The first-order chi connectivity index (χ1) is 13.5. The molecule has 0 saturated carbocycles. The van der Waals surface area contributed by atoms with Crippen LogP contribution < -0.4 is 4.74 Å². The Kier molecular flexibility index (Phi) is 6.54. The molecule has 3 aromatic rings. The summed E-state index contributed by atoms with van der Waals surface area (Å²) in [5.74, 6) is 1.19. The summed E-state index contributed by atoms with van der Waals surface area (Å²) < 4.78 is 17.7. The molecule has 0 N–H and O–H groups in total. The molecule has 0 amide bonds. The lowest BCUT2D eigenvalue weighted by atomic mass is 10.2. The van der Waals surface area contributed by atoms with Crippen molar-refractivity contribution in [2.24, 2.45) is 0 Å². The van der Waals surface area contributed by atoms with Crippen molar-refractivity contribution in [1.82, 2.24) is 9.55 Å². The smallest absolute Gasteiger partial charge is 0.338 e. The number of aryl methyl sites for hydroxylation is 1. The summed E-state index contributed by atoms with van der Waals surface area (Å²) in [5, 5.41) is 0.609. The molecule has 1 heterocycles. The Labute approximate surface area is 169 Å². The Bertz CT molecular complexity index is 984. The molecule has 7 heteroatoms. The molecule has 0 aliphatic heterocycles. The number of hydrogen-bond acceptors (Lipinski definition) is 5. The second-order valence-corrected chi connectivity index (χ2v) is 6.67. The largest absolute Gasteiger partial charge is 0.491 e. The van der Waals surface area contributed by atoms with Gasteiger partial charge in [-0.15, -0.1) is 0 Å². The van der Waals surface area contributed by atoms with E-state index in [0.29, 0.717) is 42.7 Å². The number of carbonyl (C=O) groups is 1. The van der Waals surface area contributed by atoms with Crippen LogP contribution in [0.2, 0.25) is 5.02 Å². The number of hydrogen-bond donors (Lipinski definition) is 0. The Balaban J connectivity index is 1.88. The number of carbonyl (C=O) groups excluding carboxylic acids is 1. The van der Waals surface area contributed by atoms with E-state index in [1.165, 1.54) is 0 Å². The van der Waals surface area contributed by atoms with Gasteiger partial charge in [0.1, 0.15) is 18.2 Å². The SMILES string of the molecule is CCOC(=O)c1ccc2nc(C)n(Cc3ccc(OCCOC)cc3Cl)c2c1. The molecule has 0 aliphatic carbocycles. The van der Waals surface area contributed by atoms with Crippen molar-refractivity contribution in [1.29, 1.82) is 0 Å². The van der Waals surface area contributed by atoms with Gasteiger partial charge in [0, 0.05) is 12.1 Å². The van der Waals surface area contributed by atoms with Crippen LogP contribution in [-0.2, 0) is 16.0 Å². The predicted octanol–water partition coefficient (Wildman–Crippen LogP) is 4.25. The average molecular weight is 403 g/mol. The Hall–Kier alpha value is -2.57. The first kappa shape index (κ1) is 20.2. The lowest BCUT2D eigenvalue weighted by Crippen LogP contribution is -2.07. The summed E-state index contributed by atoms with van der Waals surface area (Å²) in [4.78, 5) is 16.7. The molecular weight excluding hydrogens is 380 g/mol. The zero-order chi connectivity index (χ0) is 20.1. The molecule has 0 fully saturated rings. The van der Waals surface area contributed by atoms with Gasteiger partial charge >= 0.3 is 5.97 Å². The highest BCUT2D eigenvalue weighted by Gasteiger charge is 2.14. The van der Waals surface area contributed by atoms with Gasteiger partial charge in [0.25, 0.3) is 0 Å². The van der Waals surface area contributed by atoms with Crippen molar-refractivity contribution in [2.75, 3.05) is 26.9 Å². The van der Waals surface area contributed by atoms with E-state index in [0.717, 1.165) is 22.4 Å². The molecule has 0 radical (unpaired) electrons. The van der Waals surface area contributed by atoms with E-state index >= 15 is 0 Å². The van der Waals surface area contributed by atoms with E-state index in [1.807, 2.05) is 35.8 Å². The number of rotatable bonds is 8. The van der Waals surface area contributed by atoms with Gasteiger partial charge in [0.15, 0.2) is 0 Å². The number of esters is 1. The Morgan fingerprint density at radius 1 is 1.18 bits per heavy atom. The van der Waals surface area contributed by atoms with Crippen molar-refractivity contribution in [3.05, 3.63) is 58.4 Å². The van der Waals surface area contributed by atoms with Gasteiger partial charge in [0.05, 0.1) is 36.4 Å². The zero-order valence-electron chi connectivity index (χ0n) is 16.2. The van der Waals surface area contributed by atoms with E-state index in [2.05, 4.69) is 4.98 Å². The van der Waals surface area contributed by atoms with Gasteiger partial charge in [-0.05, 0) is 49.7 Å². The monoisotopic (exact) mass is 402 g/mol. The fraction of sp³-hybridized carbons (Fsp3) is 0.333. The third-order valence-corrected chi connectivity index (χ3v) is 4.71. The second kappa shape index (κ2) is 9.08. The summed E-state index contributed by atoms with van der Waals surface area (Å²) in [7, 11) is 1.63. The maximum atomic E-state index is 12.1. The number of aromatic nitrogens is 2. The van der Waals surface area contributed by atoms with Crippen LogP contribution in [0.5, 0.6) is 5.75 Å². The maximum Gasteiger partial charge on any atom is 0.338 e. The van der Waals surface area contributed by atoms with Gasteiger partial charge < -0.3 is 18.8 Å². The maximum absolute atomic E-state index is 12.1. The molecule has 1 aromatic heterocycles. The highest BCUT2D eigenvalue weighted by atomic mass is 35.5. The van der Waals surface area contributed by atoms with Crippen molar-refractivity contribution in [3.63, 3.8) is 0 Å². The van der Waals surface area contributed by atoms with Crippen LogP contribution in [-0.4, -0.2) is 42.5 Å². The van der Waals surface area contributed by atoms with Crippen LogP contribution in [0.3, 0.4) is 0 Å². The number of benzene rings is 2. The van der Waals surface area contributed by atoms with Gasteiger partial charge in [-0.2, -0.15) is 0 Å². The number of imidazole rings is 1. The molecule has 0 spiro atoms. The van der Waals surface area contributed by atoms with E-state index in [4.69, 9.17) is 25.8 Å². The lowest BCUT2D eigenvalue weighted by molar-refractivity contribution is 0.0526. The van der Waals surface area contributed by atoms with E-state index in [9.17, 15) is 4.79 Å². The molecule has 0 unspecified atom stereocenters. The third kappa shape index (κ3) is 4.46. The van der Waals surface area contributed by atoms with E-state index in [1.54, 1.807) is 26.2 Å². The molecule has 0 atom stereocenters. The first-order valence-corrected chi connectivity index (χ1v) is 9.45. The van der Waals surface area contributed by atoms with Crippen LogP contribution in [0, 0.1) is 6.92 Å². The number of methoxy groups -OCH3 is 1. The quantitative estimate of drug-likeness (QED) is 0.416. The minimum atomic E-state index is -0.342. The Morgan fingerprint density at radius 2 is 2.00 bits per heavy atom. The molecule has 6 nitrogen and oxygen atoms in total. The van der Waals surface area contributed by atoms with Crippen LogP contribution in [0.1, 0.15) is 28.7 Å². The summed E-state index contributed by atoms with van der Waals surface area (Å²) in [6, 6.07) is 11.0. The molecule has 3 rings (SSSR count). The molecule has 148 valence electrons. The van der Waals surface area contributed by atoms with E-state index < -0.39 is 0 Å². The summed E-state index contributed by atoms with van der Waals surface area (Å²) >= 11 is 6.47. The molecule has 0 saturated heterocycles. The summed E-state index contributed by atoms with van der Waals surface area (Å²) in [5.41, 5.74) is 3.12. The van der Waals surface area contributed by atoms with Crippen molar-refractivity contribution < 1.29 is 19.0 Å². The van der Waals surface area contributed by atoms with Gasteiger partial charge in [-0.3, -0.25) is 0 Å². The van der Waals surface area contributed by atoms with Crippen LogP contribution in [0.25, 0.3) is 11.0 Å².